The van der Waals surface area contributed by atoms with E-state index >= 15 is 0 Å². The second-order valence-corrected chi connectivity index (χ2v) is 5.44. The maximum absolute atomic E-state index is 10.4. The third kappa shape index (κ3) is 2.85. The first-order valence-corrected chi connectivity index (χ1v) is 6.98. The first-order valence-electron chi connectivity index (χ1n) is 6.98. The fourth-order valence-corrected chi connectivity index (χ4v) is 2.57. The van der Waals surface area contributed by atoms with E-state index < -0.39 is 0 Å². The molecule has 1 aliphatic heterocycles. The van der Waals surface area contributed by atoms with E-state index in [1.54, 1.807) is 0 Å². The smallest absolute Gasteiger partial charge is 0.120 e. The summed E-state index contributed by atoms with van der Waals surface area (Å²) in [6.45, 7) is 1.99. The lowest BCUT2D eigenvalue weighted by atomic mass is 9.89. The van der Waals surface area contributed by atoms with Gasteiger partial charge < -0.3 is 15.2 Å². The van der Waals surface area contributed by atoms with Crippen LogP contribution in [0.2, 0.25) is 0 Å². The third-order valence-corrected chi connectivity index (χ3v) is 3.81. The van der Waals surface area contributed by atoms with Crippen molar-refractivity contribution >= 4 is 0 Å². The molecule has 0 spiro atoms. The Balaban J connectivity index is 1.69. The van der Waals surface area contributed by atoms with Crippen molar-refractivity contribution in [3.05, 3.63) is 29.8 Å². The summed E-state index contributed by atoms with van der Waals surface area (Å²) in [5.74, 6) is 1.23. The van der Waals surface area contributed by atoms with E-state index in [4.69, 9.17) is 4.74 Å². The SMILES string of the molecule is OC(c1cccc(OC2CC2)c1)C1CCCNC1. The third-order valence-electron chi connectivity index (χ3n) is 3.81. The van der Waals surface area contributed by atoms with Crippen LogP contribution in [-0.4, -0.2) is 24.3 Å². The largest absolute Gasteiger partial charge is 0.490 e. The van der Waals surface area contributed by atoms with Crippen molar-refractivity contribution in [2.24, 2.45) is 5.92 Å². The van der Waals surface area contributed by atoms with Crippen LogP contribution >= 0.6 is 0 Å². The molecule has 3 heteroatoms. The van der Waals surface area contributed by atoms with Crippen LogP contribution < -0.4 is 10.1 Å². The lowest BCUT2D eigenvalue weighted by molar-refractivity contribution is 0.0918. The first-order chi connectivity index (χ1) is 8.83. The zero-order valence-electron chi connectivity index (χ0n) is 10.6. The van der Waals surface area contributed by atoms with Gasteiger partial charge in [-0.1, -0.05) is 12.1 Å². The summed E-state index contributed by atoms with van der Waals surface area (Å²) in [6.07, 6.45) is 4.62. The van der Waals surface area contributed by atoms with Crippen molar-refractivity contribution in [3.63, 3.8) is 0 Å². The fraction of sp³-hybridized carbons (Fsp3) is 0.600. The predicted octanol–water partition coefficient (Wildman–Crippen LogP) is 2.26. The maximum atomic E-state index is 10.4. The monoisotopic (exact) mass is 247 g/mol. The Bertz CT molecular complexity index is 397. The molecule has 2 aliphatic rings. The second kappa shape index (κ2) is 5.29. The maximum Gasteiger partial charge on any atom is 0.120 e. The van der Waals surface area contributed by atoms with Gasteiger partial charge >= 0.3 is 0 Å². The molecule has 0 amide bonds. The number of benzene rings is 1. The van der Waals surface area contributed by atoms with Crippen LogP contribution in [0.25, 0.3) is 0 Å². The van der Waals surface area contributed by atoms with E-state index in [0.717, 1.165) is 37.2 Å². The Kier molecular flexibility index (Phi) is 3.52. The highest BCUT2D eigenvalue weighted by Crippen LogP contribution is 2.31. The summed E-state index contributed by atoms with van der Waals surface area (Å²) in [6, 6.07) is 7.96. The lowest BCUT2D eigenvalue weighted by Crippen LogP contribution is -2.33. The van der Waals surface area contributed by atoms with Crippen LogP contribution in [0.5, 0.6) is 5.75 Å². The van der Waals surface area contributed by atoms with Gasteiger partial charge in [0.1, 0.15) is 5.75 Å². The Hall–Kier alpha value is -1.06. The number of nitrogens with one attached hydrogen (secondary N) is 1. The van der Waals surface area contributed by atoms with Gasteiger partial charge in [-0.25, -0.2) is 0 Å². The minimum Gasteiger partial charge on any atom is -0.490 e. The second-order valence-electron chi connectivity index (χ2n) is 5.44. The van der Waals surface area contributed by atoms with E-state index in [-0.39, 0.29) is 6.10 Å². The number of aliphatic hydroxyl groups is 1. The molecule has 2 fully saturated rings. The lowest BCUT2D eigenvalue weighted by Gasteiger charge is -2.27. The molecule has 3 rings (SSSR count). The summed E-state index contributed by atoms with van der Waals surface area (Å²) < 4.78 is 5.78. The first kappa shape index (κ1) is 12.0. The molecule has 3 nitrogen and oxygen atoms in total. The van der Waals surface area contributed by atoms with Gasteiger partial charge in [-0.05, 0) is 49.9 Å². The van der Waals surface area contributed by atoms with Crippen molar-refractivity contribution < 1.29 is 9.84 Å². The van der Waals surface area contributed by atoms with Crippen molar-refractivity contribution in [3.8, 4) is 5.75 Å². The van der Waals surface area contributed by atoms with E-state index in [1.807, 2.05) is 24.3 Å². The molecule has 0 aromatic heterocycles. The highest BCUT2D eigenvalue weighted by atomic mass is 16.5. The van der Waals surface area contributed by atoms with E-state index in [9.17, 15) is 5.11 Å². The Morgan fingerprint density at radius 2 is 2.17 bits per heavy atom. The molecule has 2 N–H and O–H groups in total. The van der Waals surface area contributed by atoms with E-state index in [0.29, 0.717) is 12.0 Å². The average Bonchev–Trinajstić information content (AvgIpc) is 3.23. The van der Waals surface area contributed by atoms with Gasteiger partial charge in [0.25, 0.3) is 0 Å². The van der Waals surface area contributed by atoms with Crippen LogP contribution in [0.3, 0.4) is 0 Å². The molecule has 1 heterocycles. The zero-order chi connectivity index (χ0) is 12.4. The molecule has 98 valence electrons. The van der Waals surface area contributed by atoms with E-state index in [2.05, 4.69) is 5.32 Å². The summed E-state index contributed by atoms with van der Waals surface area (Å²) in [5.41, 5.74) is 0.988. The Labute approximate surface area is 108 Å². The Morgan fingerprint density at radius 1 is 1.28 bits per heavy atom. The summed E-state index contributed by atoms with van der Waals surface area (Å²) >= 11 is 0. The summed E-state index contributed by atoms with van der Waals surface area (Å²) in [7, 11) is 0. The number of ether oxygens (including phenoxy) is 1. The van der Waals surface area contributed by atoms with Gasteiger partial charge in [0.05, 0.1) is 12.2 Å². The minimum atomic E-state index is -0.374. The number of piperidine rings is 1. The predicted molar refractivity (Wildman–Crippen MR) is 70.6 cm³/mol. The highest BCUT2D eigenvalue weighted by Gasteiger charge is 2.25. The van der Waals surface area contributed by atoms with Gasteiger partial charge in [0.2, 0.25) is 0 Å². The molecule has 2 atom stereocenters. The molecule has 1 aromatic carbocycles. The molecule has 0 radical (unpaired) electrons. The Morgan fingerprint density at radius 3 is 2.89 bits per heavy atom. The molecule has 1 saturated heterocycles. The van der Waals surface area contributed by atoms with Crippen LogP contribution in [0, 0.1) is 5.92 Å². The molecule has 2 unspecified atom stereocenters. The van der Waals surface area contributed by atoms with Gasteiger partial charge in [-0.3, -0.25) is 0 Å². The number of rotatable bonds is 4. The average molecular weight is 247 g/mol. The van der Waals surface area contributed by atoms with Crippen LogP contribution in [0.4, 0.5) is 0 Å². The van der Waals surface area contributed by atoms with Gasteiger partial charge in [0.15, 0.2) is 0 Å². The number of hydrogen-bond acceptors (Lipinski definition) is 3. The summed E-state index contributed by atoms with van der Waals surface area (Å²) in [5, 5.41) is 13.8. The standard InChI is InChI=1S/C15H21NO2/c17-15(12-4-2-8-16-10-12)11-3-1-5-14(9-11)18-13-6-7-13/h1,3,5,9,12-13,15-17H,2,4,6-8,10H2. The van der Waals surface area contributed by atoms with Crippen LogP contribution in [0.1, 0.15) is 37.4 Å². The molecule has 0 bridgehead atoms. The number of aliphatic hydroxyl groups excluding tert-OH is 1. The van der Waals surface area contributed by atoms with Gasteiger partial charge in [-0.2, -0.15) is 0 Å². The molecule has 18 heavy (non-hydrogen) atoms. The van der Waals surface area contributed by atoms with Crippen molar-refractivity contribution in [2.45, 2.75) is 37.9 Å². The zero-order valence-corrected chi connectivity index (χ0v) is 10.6. The van der Waals surface area contributed by atoms with Gasteiger partial charge in [0, 0.05) is 12.5 Å². The quantitative estimate of drug-likeness (QED) is 0.857. The molecular formula is C15H21NO2. The van der Waals surface area contributed by atoms with Gasteiger partial charge in [-0.15, -0.1) is 0 Å². The normalized spacial score (nSPS) is 25.7. The number of hydrogen-bond donors (Lipinski definition) is 2. The minimum absolute atomic E-state index is 0.329. The van der Waals surface area contributed by atoms with Crippen molar-refractivity contribution in [1.29, 1.82) is 0 Å². The van der Waals surface area contributed by atoms with Crippen LogP contribution in [0.15, 0.2) is 24.3 Å². The van der Waals surface area contributed by atoms with Crippen molar-refractivity contribution in [1.82, 2.24) is 5.32 Å². The fourth-order valence-electron chi connectivity index (χ4n) is 2.57. The van der Waals surface area contributed by atoms with Crippen molar-refractivity contribution in [2.75, 3.05) is 13.1 Å². The van der Waals surface area contributed by atoms with Crippen LogP contribution in [-0.2, 0) is 0 Å². The highest BCUT2D eigenvalue weighted by molar-refractivity contribution is 5.30. The molecule has 1 aromatic rings. The molecule has 1 aliphatic carbocycles. The van der Waals surface area contributed by atoms with E-state index in [1.165, 1.54) is 12.8 Å². The summed E-state index contributed by atoms with van der Waals surface area (Å²) in [4.78, 5) is 0. The molecule has 1 saturated carbocycles. The molecular weight excluding hydrogens is 226 g/mol. The topological polar surface area (TPSA) is 41.5 Å².